The molecule has 0 N–H and O–H groups in total. The third-order valence-electron chi connectivity index (χ3n) is 3.37. The number of methoxy groups -OCH3 is 2. The average Bonchev–Trinajstić information content (AvgIpc) is 2.45. The monoisotopic (exact) mass is 288 g/mol. The summed E-state index contributed by atoms with van der Waals surface area (Å²) in [5.74, 6) is 1.34. The van der Waals surface area contributed by atoms with Gasteiger partial charge in [0.15, 0.2) is 0 Å². The van der Waals surface area contributed by atoms with Gasteiger partial charge in [-0.15, -0.1) is 0 Å². The summed E-state index contributed by atoms with van der Waals surface area (Å²) in [5.41, 5.74) is 2.85. The van der Waals surface area contributed by atoms with Crippen molar-refractivity contribution in [1.29, 1.82) is 0 Å². The minimum absolute atomic E-state index is 0.344. The number of hydrogen-bond acceptors (Lipinski definition) is 4. The lowest BCUT2D eigenvalue weighted by atomic mass is 10.0. The van der Waals surface area contributed by atoms with Crippen LogP contribution in [0.25, 0.3) is 11.0 Å². The highest BCUT2D eigenvalue weighted by molar-refractivity contribution is 5.87. The van der Waals surface area contributed by atoms with E-state index in [2.05, 4.69) is 6.08 Å². The van der Waals surface area contributed by atoms with Gasteiger partial charge in [-0.3, -0.25) is 0 Å². The normalized spacial score (nSPS) is 10.5. The maximum atomic E-state index is 11.7. The van der Waals surface area contributed by atoms with Crippen LogP contribution < -0.4 is 15.1 Å². The van der Waals surface area contributed by atoms with Gasteiger partial charge in [0.25, 0.3) is 0 Å². The number of fused-ring (bicyclic) bond motifs is 1. The van der Waals surface area contributed by atoms with Gasteiger partial charge in [0, 0.05) is 17.2 Å². The van der Waals surface area contributed by atoms with Crippen molar-refractivity contribution in [1.82, 2.24) is 0 Å². The van der Waals surface area contributed by atoms with Gasteiger partial charge in [-0.25, -0.2) is 4.79 Å². The van der Waals surface area contributed by atoms with E-state index in [1.165, 1.54) is 5.57 Å². The lowest BCUT2D eigenvalue weighted by Crippen LogP contribution is -2.04. The molecule has 0 spiro atoms. The largest absolute Gasteiger partial charge is 0.496 e. The van der Waals surface area contributed by atoms with Crippen molar-refractivity contribution >= 4 is 11.0 Å². The predicted octanol–water partition coefficient (Wildman–Crippen LogP) is 3.63. The zero-order valence-electron chi connectivity index (χ0n) is 13.1. The second kappa shape index (κ2) is 6.04. The van der Waals surface area contributed by atoms with Crippen LogP contribution in [-0.2, 0) is 6.42 Å². The van der Waals surface area contributed by atoms with Gasteiger partial charge < -0.3 is 13.9 Å². The molecule has 1 heterocycles. The Hall–Kier alpha value is -2.23. The van der Waals surface area contributed by atoms with Crippen LogP contribution >= 0.6 is 0 Å². The number of ether oxygens (including phenoxy) is 2. The Morgan fingerprint density at radius 2 is 1.95 bits per heavy atom. The Balaban J connectivity index is 2.79. The zero-order valence-corrected chi connectivity index (χ0v) is 13.1. The molecule has 0 saturated carbocycles. The fourth-order valence-electron chi connectivity index (χ4n) is 2.26. The van der Waals surface area contributed by atoms with Crippen molar-refractivity contribution in [2.24, 2.45) is 0 Å². The first kappa shape index (κ1) is 15.2. The summed E-state index contributed by atoms with van der Waals surface area (Å²) >= 11 is 0. The Bertz CT molecular complexity index is 749. The van der Waals surface area contributed by atoms with E-state index in [0.29, 0.717) is 29.1 Å². The Morgan fingerprint density at radius 1 is 1.24 bits per heavy atom. The van der Waals surface area contributed by atoms with E-state index in [1.807, 2.05) is 13.8 Å². The summed E-state index contributed by atoms with van der Waals surface area (Å²) < 4.78 is 16.3. The first-order chi connectivity index (χ1) is 9.97. The molecular formula is C17H20O4. The molecule has 0 aliphatic heterocycles. The van der Waals surface area contributed by atoms with Crippen molar-refractivity contribution in [3.8, 4) is 11.5 Å². The van der Waals surface area contributed by atoms with Crippen LogP contribution in [0.4, 0.5) is 0 Å². The summed E-state index contributed by atoms with van der Waals surface area (Å²) in [6.07, 6.45) is 2.81. The quantitative estimate of drug-likeness (QED) is 0.637. The van der Waals surface area contributed by atoms with Gasteiger partial charge >= 0.3 is 5.63 Å². The average molecular weight is 288 g/mol. The Morgan fingerprint density at radius 3 is 2.52 bits per heavy atom. The van der Waals surface area contributed by atoms with E-state index in [1.54, 1.807) is 33.3 Å². The van der Waals surface area contributed by atoms with E-state index in [4.69, 9.17) is 13.9 Å². The summed E-state index contributed by atoms with van der Waals surface area (Å²) in [4.78, 5) is 11.7. The number of allylic oxidation sites excluding steroid dienone is 2. The number of aryl methyl sites for hydroxylation is 1. The van der Waals surface area contributed by atoms with E-state index < -0.39 is 0 Å². The van der Waals surface area contributed by atoms with Gasteiger partial charge in [0.05, 0.1) is 19.6 Å². The topological polar surface area (TPSA) is 48.7 Å². The molecule has 4 heteroatoms. The number of hydrogen-bond donors (Lipinski definition) is 0. The highest BCUT2D eigenvalue weighted by Gasteiger charge is 2.16. The third-order valence-corrected chi connectivity index (χ3v) is 3.37. The summed E-state index contributed by atoms with van der Waals surface area (Å²) in [5, 5.41) is 0.785. The summed E-state index contributed by atoms with van der Waals surface area (Å²) in [6.45, 7) is 5.82. The van der Waals surface area contributed by atoms with Crippen molar-refractivity contribution in [2.45, 2.75) is 27.2 Å². The van der Waals surface area contributed by atoms with Crippen molar-refractivity contribution in [3.05, 3.63) is 45.3 Å². The van der Waals surface area contributed by atoms with Crippen LogP contribution in [-0.4, -0.2) is 14.2 Å². The van der Waals surface area contributed by atoms with Crippen LogP contribution in [0.15, 0.2) is 33.0 Å². The number of rotatable bonds is 4. The second-order valence-corrected chi connectivity index (χ2v) is 5.20. The maximum absolute atomic E-state index is 11.7. The highest BCUT2D eigenvalue weighted by Crippen LogP contribution is 2.37. The molecule has 0 atom stereocenters. The van der Waals surface area contributed by atoms with E-state index in [0.717, 1.165) is 10.9 Å². The molecule has 1 aromatic carbocycles. The minimum atomic E-state index is -0.344. The molecule has 0 bridgehead atoms. The van der Waals surface area contributed by atoms with Crippen LogP contribution in [0.2, 0.25) is 0 Å². The van der Waals surface area contributed by atoms with E-state index >= 15 is 0 Å². The van der Waals surface area contributed by atoms with Crippen molar-refractivity contribution < 1.29 is 13.9 Å². The molecule has 112 valence electrons. The van der Waals surface area contributed by atoms with Crippen LogP contribution in [0.5, 0.6) is 11.5 Å². The fraction of sp³-hybridized carbons (Fsp3) is 0.353. The highest BCUT2D eigenvalue weighted by atomic mass is 16.5. The summed E-state index contributed by atoms with van der Waals surface area (Å²) in [6, 6.07) is 3.54. The molecule has 1 aromatic heterocycles. The van der Waals surface area contributed by atoms with E-state index in [9.17, 15) is 4.79 Å². The molecular weight excluding hydrogens is 268 g/mol. The Kier molecular flexibility index (Phi) is 4.36. The van der Waals surface area contributed by atoms with Gasteiger partial charge in [-0.1, -0.05) is 11.6 Å². The molecule has 0 aliphatic carbocycles. The minimum Gasteiger partial charge on any atom is -0.496 e. The Labute approximate surface area is 124 Å². The molecule has 4 nitrogen and oxygen atoms in total. The van der Waals surface area contributed by atoms with Crippen molar-refractivity contribution in [2.75, 3.05) is 14.2 Å². The van der Waals surface area contributed by atoms with Gasteiger partial charge in [-0.2, -0.15) is 0 Å². The van der Waals surface area contributed by atoms with Crippen LogP contribution in [0.3, 0.4) is 0 Å². The van der Waals surface area contributed by atoms with Crippen LogP contribution in [0, 0.1) is 6.92 Å². The summed E-state index contributed by atoms with van der Waals surface area (Å²) in [7, 11) is 3.21. The molecule has 0 aliphatic rings. The molecule has 21 heavy (non-hydrogen) atoms. The third kappa shape index (κ3) is 2.94. The molecule has 2 aromatic rings. The van der Waals surface area contributed by atoms with Gasteiger partial charge in [-0.05, 0) is 33.3 Å². The molecule has 0 saturated heterocycles. The molecule has 0 radical (unpaired) electrons. The van der Waals surface area contributed by atoms with Crippen molar-refractivity contribution in [3.63, 3.8) is 0 Å². The lowest BCUT2D eigenvalue weighted by molar-refractivity contribution is 0.388. The van der Waals surface area contributed by atoms with Gasteiger partial charge in [0.1, 0.15) is 17.1 Å². The standard InChI is InChI=1S/C17H20O4/c1-10(2)6-7-12-14(19-4)9-15-13(16(12)20-5)8-11(3)17(18)21-15/h6,8-9H,7H2,1-5H3. The first-order valence-corrected chi connectivity index (χ1v) is 6.79. The predicted molar refractivity (Wildman–Crippen MR) is 83.5 cm³/mol. The first-order valence-electron chi connectivity index (χ1n) is 6.79. The zero-order chi connectivity index (χ0) is 15.6. The maximum Gasteiger partial charge on any atom is 0.339 e. The number of benzene rings is 1. The molecule has 2 rings (SSSR count). The molecule has 0 unspecified atom stereocenters. The molecule has 0 fully saturated rings. The van der Waals surface area contributed by atoms with Crippen LogP contribution in [0.1, 0.15) is 25.0 Å². The SMILES string of the molecule is COc1cc2oc(=O)c(C)cc2c(OC)c1CC=C(C)C. The fourth-order valence-corrected chi connectivity index (χ4v) is 2.26. The molecule has 0 amide bonds. The lowest BCUT2D eigenvalue weighted by Gasteiger charge is -2.14. The van der Waals surface area contributed by atoms with Gasteiger partial charge in [0.2, 0.25) is 0 Å². The smallest absolute Gasteiger partial charge is 0.339 e. The second-order valence-electron chi connectivity index (χ2n) is 5.20. The van der Waals surface area contributed by atoms with E-state index in [-0.39, 0.29) is 5.63 Å².